The van der Waals surface area contributed by atoms with Crippen molar-refractivity contribution < 1.29 is 27.7 Å². The summed E-state index contributed by atoms with van der Waals surface area (Å²) < 4.78 is 32.4. The van der Waals surface area contributed by atoms with Crippen LogP contribution in [0.2, 0.25) is 0 Å². The number of allylic oxidation sites excluding steroid dienone is 1. The van der Waals surface area contributed by atoms with Gasteiger partial charge in [0.2, 0.25) is 0 Å². The fourth-order valence-electron chi connectivity index (χ4n) is 2.94. The number of rotatable bonds is 5. The summed E-state index contributed by atoms with van der Waals surface area (Å²) in [5.74, 6) is -0.516. The van der Waals surface area contributed by atoms with Gasteiger partial charge in [-0.05, 0) is 52.7 Å². The van der Waals surface area contributed by atoms with Gasteiger partial charge in [0.1, 0.15) is 11.4 Å². The molecule has 10 heteroatoms. The average Bonchev–Trinajstić information content (AvgIpc) is 2.60. The lowest BCUT2D eigenvalue weighted by atomic mass is 9.88. The van der Waals surface area contributed by atoms with Crippen LogP contribution < -0.4 is 0 Å². The van der Waals surface area contributed by atoms with Crippen molar-refractivity contribution in [2.45, 2.75) is 57.1 Å². The Morgan fingerprint density at radius 3 is 2.28 bits per heavy atom. The molecule has 0 unspecified atom stereocenters. The van der Waals surface area contributed by atoms with Crippen molar-refractivity contribution in [3.05, 3.63) is 46.5 Å². The van der Waals surface area contributed by atoms with Gasteiger partial charge in [-0.3, -0.25) is 14.9 Å². The highest BCUT2D eigenvalue weighted by Crippen LogP contribution is 2.30. The van der Waals surface area contributed by atoms with Crippen molar-refractivity contribution in [3.8, 4) is 0 Å². The molecule has 0 spiro atoms. The number of hydrogen-bond acceptors (Lipinski definition) is 7. The zero-order chi connectivity index (χ0) is 22.0. The molecule has 0 aliphatic heterocycles. The number of non-ortho nitro benzene ring substituents is 1. The first-order valence-electron chi connectivity index (χ1n) is 9.02. The summed E-state index contributed by atoms with van der Waals surface area (Å²) in [5, 5.41) is 10.8. The first kappa shape index (κ1) is 22.5. The molecule has 0 aromatic heterocycles. The van der Waals surface area contributed by atoms with Gasteiger partial charge >= 0.3 is 6.09 Å². The monoisotopic (exact) mass is 424 g/mol. The first-order valence-corrected chi connectivity index (χ1v) is 10.5. The third-order valence-corrected chi connectivity index (χ3v) is 6.16. The molecule has 1 aliphatic rings. The van der Waals surface area contributed by atoms with Crippen LogP contribution in [0, 0.1) is 16.0 Å². The van der Waals surface area contributed by atoms with E-state index in [1.54, 1.807) is 32.9 Å². The Balaban J connectivity index is 2.49. The Morgan fingerprint density at radius 2 is 1.79 bits per heavy atom. The molecule has 1 aromatic rings. The van der Waals surface area contributed by atoms with Gasteiger partial charge in [0.25, 0.3) is 15.7 Å². The fourth-order valence-corrected chi connectivity index (χ4v) is 4.40. The van der Waals surface area contributed by atoms with Gasteiger partial charge in [-0.25, -0.2) is 13.2 Å². The summed E-state index contributed by atoms with van der Waals surface area (Å²) in [5.41, 5.74) is -1.22. The van der Waals surface area contributed by atoms with Crippen LogP contribution in [0.25, 0.3) is 0 Å². The Labute approximate surface area is 169 Å². The predicted octanol–water partition coefficient (Wildman–Crippen LogP) is 3.44. The van der Waals surface area contributed by atoms with E-state index in [0.29, 0.717) is 10.7 Å². The Kier molecular flexibility index (Phi) is 6.46. The zero-order valence-electron chi connectivity index (χ0n) is 16.7. The highest BCUT2D eigenvalue weighted by Gasteiger charge is 2.40. The molecule has 2 atom stereocenters. The third-order valence-electron chi connectivity index (χ3n) is 4.36. The number of benzene rings is 1. The third kappa shape index (κ3) is 5.41. The van der Waals surface area contributed by atoms with Gasteiger partial charge < -0.3 is 4.74 Å². The number of carbonyl (C=O) groups excluding carboxylic acids is 2. The molecule has 2 rings (SSSR count). The van der Waals surface area contributed by atoms with Crippen LogP contribution in [0.4, 0.5) is 10.5 Å². The molecule has 0 N–H and O–H groups in total. The second kappa shape index (κ2) is 8.32. The van der Waals surface area contributed by atoms with Crippen LogP contribution in [0.5, 0.6) is 0 Å². The number of nitro benzene ring substituents is 1. The van der Waals surface area contributed by atoms with Gasteiger partial charge in [0, 0.05) is 18.1 Å². The van der Waals surface area contributed by atoms with E-state index in [0.717, 1.165) is 24.3 Å². The van der Waals surface area contributed by atoms with Gasteiger partial charge in [-0.15, -0.1) is 0 Å². The molecule has 1 aromatic carbocycles. The second-order valence-electron chi connectivity index (χ2n) is 7.81. The molecule has 9 nitrogen and oxygen atoms in total. The van der Waals surface area contributed by atoms with E-state index in [9.17, 15) is 28.1 Å². The van der Waals surface area contributed by atoms with Crippen LogP contribution in [0.3, 0.4) is 0 Å². The summed E-state index contributed by atoms with van der Waals surface area (Å²) >= 11 is 0. The molecule has 29 heavy (non-hydrogen) atoms. The van der Waals surface area contributed by atoms with Crippen LogP contribution in [0.1, 0.15) is 40.5 Å². The second-order valence-corrected chi connectivity index (χ2v) is 9.62. The molecular weight excluding hydrogens is 400 g/mol. The Bertz CT molecular complexity index is 930. The van der Waals surface area contributed by atoms with E-state index in [1.807, 2.05) is 0 Å². The molecule has 1 aliphatic carbocycles. The van der Waals surface area contributed by atoms with Crippen molar-refractivity contribution in [2.24, 2.45) is 5.92 Å². The molecule has 0 fully saturated rings. The minimum absolute atomic E-state index is 0.101. The number of ether oxygens (including phenoxy) is 1. The van der Waals surface area contributed by atoms with Crippen molar-refractivity contribution in [1.82, 2.24) is 4.31 Å². The molecule has 0 saturated heterocycles. The summed E-state index contributed by atoms with van der Waals surface area (Å²) in [7, 11) is -4.39. The first-order chi connectivity index (χ1) is 13.3. The standard InChI is InChI=1S/C19H24N2O7S/c1-13(22)14-6-5-7-16(12-14)20(18(23)28-19(2,3)4)29(26,27)17-10-8-15(9-11-17)21(24)25/h5,7-11,14,16H,6,12H2,1-4H3/t14-,16-/m1/s1. The molecule has 158 valence electrons. The van der Waals surface area contributed by atoms with E-state index < -0.39 is 38.6 Å². The number of nitrogens with zero attached hydrogens (tertiary/aromatic N) is 2. The Morgan fingerprint density at radius 1 is 1.21 bits per heavy atom. The Hall–Kier alpha value is -2.75. The predicted molar refractivity (Wildman–Crippen MR) is 105 cm³/mol. The molecule has 0 heterocycles. The number of carbonyl (C=O) groups is 2. The summed E-state index contributed by atoms with van der Waals surface area (Å²) in [6.07, 6.45) is 2.76. The maximum atomic E-state index is 13.3. The van der Waals surface area contributed by atoms with Crippen molar-refractivity contribution in [1.29, 1.82) is 0 Å². The number of ketones is 1. The van der Waals surface area contributed by atoms with Crippen LogP contribution in [0.15, 0.2) is 41.3 Å². The molecule has 0 bridgehead atoms. The summed E-state index contributed by atoms with van der Waals surface area (Å²) in [6, 6.07) is 3.33. The number of Topliss-reactive ketones (excluding diaryl/α,β-unsaturated/α-hetero) is 1. The van der Waals surface area contributed by atoms with E-state index in [4.69, 9.17) is 4.74 Å². The number of hydrogen-bond donors (Lipinski definition) is 0. The average molecular weight is 424 g/mol. The maximum absolute atomic E-state index is 13.3. The highest BCUT2D eigenvalue weighted by molar-refractivity contribution is 7.89. The lowest BCUT2D eigenvalue weighted by molar-refractivity contribution is -0.384. The smallest absolute Gasteiger partial charge is 0.424 e. The number of sulfonamides is 1. The van der Waals surface area contributed by atoms with Crippen LogP contribution in [-0.2, 0) is 19.6 Å². The van der Waals surface area contributed by atoms with Gasteiger partial charge in [-0.2, -0.15) is 4.31 Å². The summed E-state index contributed by atoms with van der Waals surface area (Å²) in [4.78, 5) is 34.5. The van der Waals surface area contributed by atoms with E-state index in [-0.39, 0.29) is 22.8 Å². The maximum Gasteiger partial charge on any atom is 0.424 e. The lowest BCUT2D eigenvalue weighted by Crippen LogP contribution is -2.47. The molecule has 0 radical (unpaired) electrons. The molecular formula is C19H24N2O7S. The molecule has 0 saturated carbocycles. The lowest BCUT2D eigenvalue weighted by Gasteiger charge is -2.34. The highest BCUT2D eigenvalue weighted by atomic mass is 32.2. The zero-order valence-corrected chi connectivity index (χ0v) is 17.5. The largest absolute Gasteiger partial charge is 0.443 e. The quantitative estimate of drug-likeness (QED) is 0.403. The van der Waals surface area contributed by atoms with E-state index in [2.05, 4.69) is 0 Å². The minimum atomic E-state index is -4.39. The van der Waals surface area contributed by atoms with E-state index in [1.165, 1.54) is 6.92 Å². The minimum Gasteiger partial charge on any atom is -0.443 e. The van der Waals surface area contributed by atoms with Crippen LogP contribution >= 0.6 is 0 Å². The van der Waals surface area contributed by atoms with Crippen molar-refractivity contribution in [3.63, 3.8) is 0 Å². The summed E-state index contributed by atoms with van der Waals surface area (Å²) in [6.45, 7) is 6.24. The SMILES string of the molecule is CC(=O)[C@@H]1CC=C[C@@H](N(C(=O)OC(C)(C)C)S(=O)(=O)c2ccc([N+](=O)[O-])cc2)C1. The molecule has 1 amide bonds. The van der Waals surface area contributed by atoms with Gasteiger partial charge in [0.05, 0.1) is 15.9 Å². The number of nitro groups is 1. The van der Waals surface area contributed by atoms with Crippen LogP contribution in [-0.4, -0.2) is 41.2 Å². The fraction of sp³-hybridized carbons (Fsp3) is 0.474. The van der Waals surface area contributed by atoms with Gasteiger partial charge in [-0.1, -0.05) is 12.2 Å². The van der Waals surface area contributed by atoms with Crippen molar-refractivity contribution in [2.75, 3.05) is 0 Å². The van der Waals surface area contributed by atoms with Crippen molar-refractivity contribution >= 4 is 27.6 Å². The van der Waals surface area contributed by atoms with E-state index >= 15 is 0 Å². The normalized spacial score (nSPS) is 19.4. The topological polar surface area (TPSA) is 124 Å². The van der Waals surface area contributed by atoms with Gasteiger partial charge in [0.15, 0.2) is 0 Å². The number of amides is 1.